The van der Waals surface area contributed by atoms with Gasteiger partial charge in [0.05, 0.1) is 11.8 Å². The number of amides is 3. The van der Waals surface area contributed by atoms with E-state index in [4.69, 9.17) is 0 Å². The Bertz CT molecular complexity index is 429. The molecule has 3 fully saturated rings. The van der Waals surface area contributed by atoms with Crippen LogP contribution in [0.3, 0.4) is 0 Å². The monoisotopic (exact) mass is 250 g/mol. The first-order chi connectivity index (χ1) is 8.58. The molecule has 6 nitrogen and oxygen atoms in total. The molecular formula is C12H14N2O4. The first-order valence-corrected chi connectivity index (χ1v) is 6.22. The third-order valence-electron chi connectivity index (χ3n) is 3.92. The number of piperidine rings is 2. The van der Waals surface area contributed by atoms with Crippen LogP contribution in [0, 0.1) is 11.8 Å². The highest BCUT2D eigenvalue weighted by atomic mass is 16.2. The number of carbonyl (C=O) groups is 4. The average Bonchev–Trinajstić information content (AvgIpc) is 3.10. The molecule has 2 unspecified atom stereocenters. The van der Waals surface area contributed by atoms with E-state index in [0.717, 1.165) is 4.90 Å². The summed E-state index contributed by atoms with van der Waals surface area (Å²) in [5.41, 5.74) is 0. The van der Waals surface area contributed by atoms with E-state index in [1.807, 2.05) is 0 Å². The fraction of sp³-hybridized carbons (Fsp3) is 0.667. The van der Waals surface area contributed by atoms with Crippen LogP contribution in [-0.4, -0.2) is 52.9 Å². The maximum atomic E-state index is 11.9. The van der Waals surface area contributed by atoms with Crippen LogP contribution in [0.5, 0.6) is 0 Å². The van der Waals surface area contributed by atoms with Crippen molar-refractivity contribution in [1.29, 1.82) is 0 Å². The van der Waals surface area contributed by atoms with Gasteiger partial charge in [-0.15, -0.1) is 0 Å². The summed E-state index contributed by atoms with van der Waals surface area (Å²) >= 11 is 0. The minimum absolute atomic E-state index is 0.154. The predicted octanol–water partition coefficient (Wildman–Crippen LogP) is -0.817. The van der Waals surface area contributed by atoms with Crippen LogP contribution in [0.4, 0.5) is 0 Å². The smallest absolute Gasteiger partial charge is 0.242 e. The summed E-state index contributed by atoms with van der Waals surface area (Å²) in [6.45, 7) is 0.653. The van der Waals surface area contributed by atoms with Crippen molar-refractivity contribution in [2.75, 3.05) is 19.6 Å². The largest absolute Gasteiger partial charge is 0.340 e. The number of rotatable bonds is 2. The lowest BCUT2D eigenvalue weighted by Gasteiger charge is -2.28. The number of fused-ring (bicyclic) bond motifs is 1. The Labute approximate surface area is 104 Å². The molecule has 0 aromatic rings. The SMILES string of the molecule is O=C1CCN(C(=O)CN2C(=O)C3CC3C2=O)CC1. The zero-order chi connectivity index (χ0) is 12.9. The fourth-order valence-corrected chi connectivity index (χ4v) is 2.65. The topological polar surface area (TPSA) is 74.8 Å². The molecule has 0 bridgehead atoms. The lowest BCUT2D eigenvalue weighted by molar-refractivity contribution is -0.148. The van der Waals surface area contributed by atoms with Crippen LogP contribution in [-0.2, 0) is 19.2 Å². The van der Waals surface area contributed by atoms with Crippen molar-refractivity contribution in [2.24, 2.45) is 11.8 Å². The van der Waals surface area contributed by atoms with E-state index in [1.165, 1.54) is 0 Å². The van der Waals surface area contributed by atoms with E-state index >= 15 is 0 Å². The first-order valence-electron chi connectivity index (χ1n) is 6.22. The normalized spacial score (nSPS) is 30.8. The summed E-state index contributed by atoms with van der Waals surface area (Å²) < 4.78 is 0. The van der Waals surface area contributed by atoms with Gasteiger partial charge in [0.1, 0.15) is 12.3 Å². The van der Waals surface area contributed by atoms with Crippen molar-refractivity contribution < 1.29 is 19.2 Å². The van der Waals surface area contributed by atoms with Crippen LogP contribution in [0.2, 0.25) is 0 Å². The Kier molecular flexibility index (Phi) is 2.46. The van der Waals surface area contributed by atoms with E-state index < -0.39 is 0 Å². The molecule has 2 saturated heterocycles. The van der Waals surface area contributed by atoms with Gasteiger partial charge in [0.2, 0.25) is 17.7 Å². The van der Waals surface area contributed by atoms with Crippen molar-refractivity contribution in [3.63, 3.8) is 0 Å². The molecule has 1 saturated carbocycles. The molecule has 0 aromatic carbocycles. The number of carbonyl (C=O) groups excluding carboxylic acids is 4. The summed E-state index contributed by atoms with van der Waals surface area (Å²) in [4.78, 5) is 49.1. The summed E-state index contributed by atoms with van der Waals surface area (Å²) in [7, 11) is 0. The lowest BCUT2D eigenvalue weighted by Crippen LogP contribution is -2.46. The molecule has 3 aliphatic rings. The molecule has 6 heteroatoms. The summed E-state index contributed by atoms with van der Waals surface area (Å²) in [6, 6.07) is 0. The van der Waals surface area contributed by atoms with Crippen LogP contribution >= 0.6 is 0 Å². The average molecular weight is 250 g/mol. The van der Waals surface area contributed by atoms with E-state index in [1.54, 1.807) is 4.90 Å². The Morgan fingerprint density at radius 1 is 1.06 bits per heavy atom. The zero-order valence-electron chi connectivity index (χ0n) is 9.92. The number of imide groups is 1. The van der Waals surface area contributed by atoms with Crippen molar-refractivity contribution in [3.05, 3.63) is 0 Å². The van der Waals surface area contributed by atoms with E-state index in [0.29, 0.717) is 32.4 Å². The predicted molar refractivity (Wildman–Crippen MR) is 59.1 cm³/mol. The quantitative estimate of drug-likeness (QED) is 0.600. The second-order valence-electron chi connectivity index (χ2n) is 5.13. The summed E-state index contributed by atoms with van der Waals surface area (Å²) in [6.07, 6.45) is 1.40. The number of Topliss-reactive ketones (excluding diaryl/α,β-unsaturated/α-hetero) is 1. The van der Waals surface area contributed by atoms with E-state index in [9.17, 15) is 19.2 Å². The molecule has 96 valence electrons. The van der Waals surface area contributed by atoms with Gasteiger partial charge >= 0.3 is 0 Å². The minimum atomic E-state index is -0.231. The molecule has 0 spiro atoms. The van der Waals surface area contributed by atoms with Gasteiger partial charge in [-0.1, -0.05) is 0 Å². The molecular weight excluding hydrogens is 236 g/mol. The van der Waals surface area contributed by atoms with Gasteiger partial charge in [0, 0.05) is 25.9 Å². The van der Waals surface area contributed by atoms with Crippen LogP contribution < -0.4 is 0 Å². The van der Waals surface area contributed by atoms with Crippen molar-refractivity contribution in [3.8, 4) is 0 Å². The summed E-state index contributed by atoms with van der Waals surface area (Å²) in [5.74, 6) is -0.793. The number of likely N-dealkylation sites (tertiary alicyclic amines) is 2. The van der Waals surface area contributed by atoms with Gasteiger partial charge in [-0.25, -0.2) is 0 Å². The molecule has 2 atom stereocenters. The number of hydrogen-bond acceptors (Lipinski definition) is 4. The third kappa shape index (κ3) is 1.72. The highest BCUT2D eigenvalue weighted by Gasteiger charge is 2.59. The molecule has 0 radical (unpaired) electrons. The minimum Gasteiger partial charge on any atom is -0.340 e. The van der Waals surface area contributed by atoms with E-state index in [2.05, 4.69) is 0 Å². The second-order valence-corrected chi connectivity index (χ2v) is 5.13. The van der Waals surface area contributed by atoms with Crippen LogP contribution in [0.1, 0.15) is 19.3 Å². The number of nitrogens with zero attached hydrogens (tertiary/aromatic N) is 2. The molecule has 0 N–H and O–H groups in total. The van der Waals surface area contributed by atoms with Gasteiger partial charge in [0.15, 0.2) is 0 Å². The molecule has 3 rings (SSSR count). The lowest BCUT2D eigenvalue weighted by atomic mass is 10.1. The Balaban J connectivity index is 1.60. The Morgan fingerprint density at radius 3 is 2.17 bits per heavy atom. The number of ketones is 1. The standard InChI is InChI=1S/C12H14N2O4/c15-7-1-3-13(4-2-7)10(16)6-14-11(17)8-5-9(8)12(14)18/h8-9H,1-6H2. The highest BCUT2D eigenvalue weighted by molar-refractivity contribution is 6.10. The van der Waals surface area contributed by atoms with Crippen LogP contribution in [0.15, 0.2) is 0 Å². The number of hydrogen-bond donors (Lipinski definition) is 0. The van der Waals surface area contributed by atoms with Gasteiger partial charge in [-0.3, -0.25) is 24.1 Å². The maximum Gasteiger partial charge on any atom is 0.242 e. The third-order valence-corrected chi connectivity index (χ3v) is 3.92. The van der Waals surface area contributed by atoms with Crippen LogP contribution in [0.25, 0.3) is 0 Å². The maximum absolute atomic E-state index is 11.9. The van der Waals surface area contributed by atoms with Crippen molar-refractivity contribution in [1.82, 2.24) is 9.80 Å². The van der Waals surface area contributed by atoms with E-state index in [-0.39, 0.29) is 41.9 Å². The molecule has 2 aliphatic heterocycles. The Hall–Kier alpha value is -1.72. The first kappa shape index (κ1) is 11.4. The zero-order valence-corrected chi connectivity index (χ0v) is 9.92. The molecule has 0 aromatic heterocycles. The van der Waals surface area contributed by atoms with Gasteiger partial charge in [0.25, 0.3) is 0 Å². The summed E-state index contributed by atoms with van der Waals surface area (Å²) in [5, 5.41) is 0. The second kappa shape index (κ2) is 3.90. The molecule has 2 heterocycles. The van der Waals surface area contributed by atoms with Gasteiger partial charge in [-0.2, -0.15) is 0 Å². The van der Waals surface area contributed by atoms with Gasteiger partial charge < -0.3 is 4.90 Å². The highest BCUT2D eigenvalue weighted by Crippen LogP contribution is 2.46. The Morgan fingerprint density at radius 2 is 1.61 bits per heavy atom. The molecule has 3 amide bonds. The van der Waals surface area contributed by atoms with Gasteiger partial charge in [-0.05, 0) is 6.42 Å². The molecule has 18 heavy (non-hydrogen) atoms. The van der Waals surface area contributed by atoms with Crippen molar-refractivity contribution in [2.45, 2.75) is 19.3 Å². The molecule has 1 aliphatic carbocycles. The fourth-order valence-electron chi connectivity index (χ4n) is 2.65. The van der Waals surface area contributed by atoms with Crippen molar-refractivity contribution >= 4 is 23.5 Å².